The molecule has 18 heavy (non-hydrogen) atoms. The molecule has 0 fully saturated rings. The highest BCUT2D eigenvalue weighted by atomic mass is 31.0. The molecule has 0 saturated carbocycles. The van der Waals surface area contributed by atoms with Gasteiger partial charge in [0.15, 0.2) is 0 Å². The number of rotatable bonds is 3. The first kappa shape index (κ1) is 12.5. The van der Waals surface area contributed by atoms with Crippen LogP contribution in [0.25, 0.3) is 6.08 Å². The Balaban J connectivity index is 2.17. The number of hydrogen-bond donors (Lipinski definition) is 1. The van der Waals surface area contributed by atoms with Crippen LogP contribution < -0.4 is 10.6 Å². The summed E-state index contributed by atoms with van der Waals surface area (Å²) in [6.07, 6.45) is 1.75. The van der Waals surface area contributed by atoms with Crippen LogP contribution in [0.3, 0.4) is 0 Å². The van der Waals surface area contributed by atoms with Gasteiger partial charge in [-0.25, -0.2) is 0 Å². The fourth-order valence-corrected chi connectivity index (χ4v) is 1.86. The Kier molecular flexibility index (Phi) is 3.91. The van der Waals surface area contributed by atoms with E-state index >= 15 is 0 Å². The van der Waals surface area contributed by atoms with Crippen LogP contribution in [0.1, 0.15) is 15.9 Å². The van der Waals surface area contributed by atoms with Gasteiger partial charge in [0.2, 0.25) is 0 Å². The summed E-state index contributed by atoms with van der Waals surface area (Å²) in [5.41, 5.74) is 2.44. The standard InChI is InChI=1S/C15H14NOP/c1-2-11-7-9-12(10-8-11)15(17)16-13-5-3-4-6-14(13)18/h2-10H,1,18H2,(H,16,17). The van der Waals surface area contributed by atoms with Crippen LogP contribution in [0.15, 0.2) is 55.1 Å². The molecule has 0 aliphatic carbocycles. The first-order valence-corrected chi connectivity index (χ1v) is 6.17. The minimum Gasteiger partial charge on any atom is -0.321 e. The molecular formula is C15H14NOP. The average Bonchev–Trinajstić information content (AvgIpc) is 2.41. The van der Waals surface area contributed by atoms with Gasteiger partial charge in [-0.05, 0) is 29.1 Å². The van der Waals surface area contributed by atoms with Gasteiger partial charge in [0.1, 0.15) is 0 Å². The lowest BCUT2D eigenvalue weighted by Crippen LogP contribution is -2.15. The van der Waals surface area contributed by atoms with Gasteiger partial charge in [0.05, 0.1) is 0 Å². The van der Waals surface area contributed by atoms with Crippen molar-refractivity contribution in [2.75, 3.05) is 5.32 Å². The van der Waals surface area contributed by atoms with Crippen LogP contribution >= 0.6 is 9.24 Å². The zero-order chi connectivity index (χ0) is 13.0. The molecule has 2 nitrogen and oxygen atoms in total. The van der Waals surface area contributed by atoms with E-state index in [1.807, 2.05) is 36.4 Å². The van der Waals surface area contributed by atoms with E-state index in [2.05, 4.69) is 21.1 Å². The Morgan fingerprint density at radius 1 is 1.11 bits per heavy atom. The summed E-state index contributed by atoms with van der Waals surface area (Å²) >= 11 is 0. The number of nitrogens with one attached hydrogen (secondary N) is 1. The van der Waals surface area contributed by atoms with E-state index in [-0.39, 0.29) is 5.91 Å². The molecule has 0 bridgehead atoms. The van der Waals surface area contributed by atoms with Gasteiger partial charge in [0.25, 0.3) is 5.91 Å². The van der Waals surface area contributed by atoms with Crippen molar-refractivity contribution in [1.82, 2.24) is 0 Å². The van der Waals surface area contributed by atoms with Crippen LogP contribution in [0.4, 0.5) is 5.69 Å². The molecule has 1 atom stereocenters. The van der Waals surface area contributed by atoms with Gasteiger partial charge in [-0.15, -0.1) is 9.24 Å². The zero-order valence-corrected chi connectivity index (χ0v) is 11.0. The minimum atomic E-state index is -0.111. The number of anilines is 1. The topological polar surface area (TPSA) is 29.1 Å². The molecule has 3 heteroatoms. The van der Waals surface area contributed by atoms with Crippen LogP contribution in [0, 0.1) is 0 Å². The lowest BCUT2D eigenvalue weighted by molar-refractivity contribution is 0.102. The molecule has 0 saturated heterocycles. The first-order valence-electron chi connectivity index (χ1n) is 5.59. The van der Waals surface area contributed by atoms with E-state index in [9.17, 15) is 4.79 Å². The molecule has 0 aromatic heterocycles. The number of hydrogen-bond acceptors (Lipinski definition) is 1. The average molecular weight is 255 g/mol. The molecule has 2 rings (SSSR count). The summed E-state index contributed by atoms with van der Waals surface area (Å²) in [6.45, 7) is 3.68. The van der Waals surface area contributed by atoms with Crippen LogP contribution in [-0.2, 0) is 0 Å². The van der Waals surface area contributed by atoms with E-state index in [1.54, 1.807) is 18.2 Å². The van der Waals surface area contributed by atoms with Crippen molar-refractivity contribution >= 4 is 32.2 Å². The highest BCUT2D eigenvalue weighted by Gasteiger charge is 2.06. The van der Waals surface area contributed by atoms with Gasteiger partial charge >= 0.3 is 0 Å². The largest absolute Gasteiger partial charge is 0.321 e. The third-order valence-corrected chi connectivity index (χ3v) is 3.12. The van der Waals surface area contributed by atoms with Crippen molar-refractivity contribution in [1.29, 1.82) is 0 Å². The third kappa shape index (κ3) is 2.85. The van der Waals surface area contributed by atoms with Crippen molar-refractivity contribution in [3.8, 4) is 0 Å². The monoisotopic (exact) mass is 255 g/mol. The smallest absolute Gasteiger partial charge is 0.255 e. The second-order valence-corrected chi connectivity index (χ2v) is 4.49. The SMILES string of the molecule is C=Cc1ccc(C(=O)Nc2ccccc2P)cc1. The van der Waals surface area contributed by atoms with Crippen LogP contribution in [0.5, 0.6) is 0 Å². The summed E-state index contributed by atoms with van der Waals surface area (Å²) in [4.78, 5) is 12.0. The van der Waals surface area contributed by atoms with Gasteiger partial charge in [-0.3, -0.25) is 4.79 Å². The van der Waals surface area contributed by atoms with Crippen molar-refractivity contribution in [3.05, 3.63) is 66.2 Å². The fraction of sp³-hybridized carbons (Fsp3) is 0. The zero-order valence-electron chi connectivity index (χ0n) is 9.89. The Morgan fingerprint density at radius 2 is 1.78 bits per heavy atom. The van der Waals surface area contributed by atoms with Crippen molar-refractivity contribution in [3.63, 3.8) is 0 Å². The highest BCUT2D eigenvalue weighted by molar-refractivity contribution is 7.28. The van der Waals surface area contributed by atoms with Gasteiger partial charge in [-0.2, -0.15) is 0 Å². The van der Waals surface area contributed by atoms with Crippen molar-refractivity contribution < 1.29 is 4.79 Å². The predicted molar refractivity (Wildman–Crippen MR) is 80.3 cm³/mol. The molecule has 1 N–H and O–H groups in total. The minimum absolute atomic E-state index is 0.111. The third-order valence-electron chi connectivity index (χ3n) is 2.62. The number of benzene rings is 2. The summed E-state index contributed by atoms with van der Waals surface area (Å²) in [5, 5.41) is 3.84. The highest BCUT2D eigenvalue weighted by Crippen LogP contribution is 2.11. The summed E-state index contributed by atoms with van der Waals surface area (Å²) in [6, 6.07) is 14.9. The fourth-order valence-electron chi connectivity index (χ4n) is 1.58. The van der Waals surface area contributed by atoms with Crippen LogP contribution in [-0.4, -0.2) is 5.91 Å². The van der Waals surface area contributed by atoms with Gasteiger partial charge < -0.3 is 5.32 Å². The number of carbonyl (C=O) groups is 1. The molecule has 0 radical (unpaired) electrons. The Hall–Kier alpha value is -1.92. The molecule has 90 valence electrons. The maximum atomic E-state index is 12.0. The Labute approximate surface area is 109 Å². The second kappa shape index (κ2) is 5.61. The van der Waals surface area contributed by atoms with E-state index < -0.39 is 0 Å². The number of amides is 1. The van der Waals surface area contributed by atoms with E-state index in [0.717, 1.165) is 16.6 Å². The quantitative estimate of drug-likeness (QED) is 0.839. The van der Waals surface area contributed by atoms with E-state index in [4.69, 9.17) is 0 Å². The maximum Gasteiger partial charge on any atom is 0.255 e. The molecule has 0 aliphatic heterocycles. The normalized spacial score (nSPS) is 9.83. The Morgan fingerprint density at radius 3 is 2.39 bits per heavy atom. The molecule has 0 heterocycles. The van der Waals surface area contributed by atoms with Crippen molar-refractivity contribution in [2.24, 2.45) is 0 Å². The van der Waals surface area contributed by atoms with Crippen LogP contribution in [0.2, 0.25) is 0 Å². The number of carbonyl (C=O) groups excluding carboxylic acids is 1. The molecule has 2 aromatic carbocycles. The molecule has 1 unspecified atom stereocenters. The molecular weight excluding hydrogens is 241 g/mol. The van der Waals surface area contributed by atoms with E-state index in [0.29, 0.717) is 5.56 Å². The van der Waals surface area contributed by atoms with Crippen molar-refractivity contribution in [2.45, 2.75) is 0 Å². The second-order valence-electron chi connectivity index (χ2n) is 3.87. The maximum absolute atomic E-state index is 12.0. The lowest BCUT2D eigenvalue weighted by Gasteiger charge is -2.08. The summed E-state index contributed by atoms with van der Waals surface area (Å²) in [5.74, 6) is -0.111. The molecule has 0 aliphatic rings. The van der Waals surface area contributed by atoms with Gasteiger partial charge in [-0.1, -0.05) is 43.0 Å². The lowest BCUT2D eigenvalue weighted by atomic mass is 10.1. The molecule has 2 aromatic rings. The first-order chi connectivity index (χ1) is 8.70. The summed E-state index contributed by atoms with van der Waals surface area (Å²) in [7, 11) is 2.60. The number of para-hydroxylation sites is 1. The van der Waals surface area contributed by atoms with E-state index in [1.165, 1.54) is 0 Å². The summed E-state index contributed by atoms with van der Waals surface area (Å²) < 4.78 is 0. The molecule has 1 amide bonds. The van der Waals surface area contributed by atoms with Gasteiger partial charge in [0, 0.05) is 11.3 Å². The molecule has 0 spiro atoms. The predicted octanol–water partition coefficient (Wildman–Crippen LogP) is 3.08. The Bertz CT molecular complexity index is 575.